The molecule has 4 heteroatoms. The minimum Gasteiger partial charge on any atom is -0.288 e. The van der Waals surface area contributed by atoms with Crippen LogP contribution in [0.4, 0.5) is 0 Å². The second kappa shape index (κ2) is 4.70. The van der Waals surface area contributed by atoms with Crippen LogP contribution in [-0.4, -0.2) is 5.78 Å². The lowest BCUT2D eigenvalue weighted by Crippen LogP contribution is -2.00. The van der Waals surface area contributed by atoms with E-state index in [9.17, 15) is 4.79 Å². The van der Waals surface area contributed by atoms with Crippen molar-refractivity contribution < 1.29 is 4.79 Å². The summed E-state index contributed by atoms with van der Waals surface area (Å²) in [5.41, 5.74) is 1.74. The lowest BCUT2D eigenvalue weighted by Gasteiger charge is -2.03. The van der Waals surface area contributed by atoms with Gasteiger partial charge in [-0.25, -0.2) is 0 Å². The summed E-state index contributed by atoms with van der Waals surface area (Å²) in [6.07, 6.45) is 0. The molecule has 0 spiro atoms. The zero-order valence-corrected chi connectivity index (χ0v) is 11.6. The van der Waals surface area contributed by atoms with E-state index < -0.39 is 0 Å². The molecule has 0 N–H and O–H groups in total. The van der Waals surface area contributed by atoms with Crippen LogP contribution in [0.1, 0.15) is 20.8 Å². The van der Waals surface area contributed by atoms with E-state index in [1.54, 1.807) is 12.1 Å². The molecule has 0 atom stereocenters. The van der Waals surface area contributed by atoms with Gasteiger partial charge in [0.2, 0.25) is 5.78 Å². The van der Waals surface area contributed by atoms with E-state index in [0.717, 1.165) is 10.0 Å². The molecule has 1 nitrogen and oxygen atoms in total. The molecule has 2 rings (SSSR count). The molecule has 1 aromatic heterocycles. The number of benzene rings is 1. The minimum atomic E-state index is 0.00692. The maximum absolute atomic E-state index is 12.2. The van der Waals surface area contributed by atoms with Crippen molar-refractivity contribution in [2.45, 2.75) is 6.92 Å². The van der Waals surface area contributed by atoms with Crippen molar-refractivity contribution in [2.24, 2.45) is 0 Å². The summed E-state index contributed by atoms with van der Waals surface area (Å²) in [7, 11) is 0. The zero-order valence-electron chi connectivity index (χ0n) is 8.46. The van der Waals surface area contributed by atoms with Crippen LogP contribution in [0.3, 0.4) is 0 Å². The third-order valence-corrected chi connectivity index (χ3v) is 4.08. The fourth-order valence-electron chi connectivity index (χ4n) is 1.38. The fourth-order valence-corrected chi connectivity index (χ4v) is 2.81. The van der Waals surface area contributed by atoms with E-state index in [2.05, 4.69) is 15.9 Å². The molecule has 0 aliphatic heterocycles. The number of aryl methyl sites for hydroxylation is 1. The molecule has 0 aliphatic carbocycles. The number of carbonyl (C=O) groups is 1. The second-order valence-electron chi connectivity index (χ2n) is 3.42. The number of thiophene rings is 1. The Hall–Kier alpha value is -0.640. The van der Waals surface area contributed by atoms with Crippen molar-refractivity contribution in [3.63, 3.8) is 0 Å². The molecule has 1 heterocycles. The van der Waals surface area contributed by atoms with Crippen LogP contribution in [0, 0.1) is 6.92 Å². The molecule has 0 aliphatic rings. The first kappa shape index (κ1) is 11.8. The zero-order chi connectivity index (χ0) is 11.7. The minimum absolute atomic E-state index is 0.00692. The third-order valence-electron chi connectivity index (χ3n) is 2.16. The van der Waals surface area contributed by atoms with Crippen molar-refractivity contribution in [1.29, 1.82) is 0 Å². The maximum Gasteiger partial charge on any atom is 0.204 e. The van der Waals surface area contributed by atoms with E-state index in [-0.39, 0.29) is 5.78 Å². The van der Waals surface area contributed by atoms with Crippen molar-refractivity contribution in [3.05, 3.63) is 55.1 Å². The monoisotopic (exact) mass is 314 g/mol. The number of ketones is 1. The summed E-state index contributed by atoms with van der Waals surface area (Å²) in [6, 6.07) is 9.22. The van der Waals surface area contributed by atoms with E-state index in [1.807, 2.05) is 25.1 Å². The van der Waals surface area contributed by atoms with Gasteiger partial charge < -0.3 is 0 Å². The van der Waals surface area contributed by atoms with E-state index in [4.69, 9.17) is 11.6 Å². The topological polar surface area (TPSA) is 17.1 Å². The number of carbonyl (C=O) groups excluding carboxylic acids is 1. The van der Waals surface area contributed by atoms with Gasteiger partial charge in [-0.2, -0.15) is 0 Å². The molecule has 0 fully saturated rings. The standard InChI is InChI=1S/C12H8BrClOS/c1-7-2-3-9(13)8(6-7)12(15)10-4-5-11(14)16-10/h2-6H,1H3. The molecule has 0 amide bonds. The molecule has 0 saturated heterocycles. The largest absolute Gasteiger partial charge is 0.288 e. The Labute approximate surface area is 111 Å². The van der Waals surface area contributed by atoms with Gasteiger partial charge in [-0.3, -0.25) is 4.79 Å². The Kier molecular flexibility index (Phi) is 3.47. The van der Waals surface area contributed by atoms with Crippen LogP contribution in [0.2, 0.25) is 4.34 Å². The Bertz CT molecular complexity index is 548. The van der Waals surface area contributed by atoms with Crippen molar-refractivity contribution >= 4 is 44.7 Å². The van der Waals surface area contributed by atoms with Crippen molar-refractivity contribution in [3.8, 4) is 0 Å². The summed E-state index contributed by atoms with van der Waals surface area (Å²) < 4.78 is 1.44. The predicted molar refractivity (Wildman–Crippen MR) is 71.6 cm³/mol. The lowest BCUT2D eigenvalue weighted by atomic mass is 10.1. The Morgan fingerprint density at radius 1 is 1.31 bits per heavy atom. The highest BCUT2D eigenvalue weighted by Gasteiger charge is 2.14. The summed E-state index contributed by atoms with van der Waals surface area (Å²) in [6.45, 7) is 1.96. The molecule has 0 radical (unpaired) electrons. The fraction of sp³-hybridized carbons (Fsp3) is 0.0833. The Morgan fingerprint density at radius 2 is 2.06 bits per heavy atom. The van der Waals surface area contributed by atoms with E-state index >= 15 is 0 Å². The van der Waals surface area contributed by atoms with Gasteiger partial charge in [-0.1, -0.05) is 39.2 Å². The number of halogens is 2. The average Bonchev–Trinajstić information content (AvgIpc) is 2.67. The molecule has 16 heavy (non-hydrogen) atoms. The number of hydrogen-bond donors (Lipinski definition) is 0. The quantitative estimate of drug-likeness (QED) is 0.734. The van der Waals surface area contributed by atoms with Gasteiger partial charge in [0, 0.05) is 10.0 Å². The van der Waals surface area contributed by atoms with Crippen LogP contribution in [-0.2, 0) is 0 Å². The molecular weight excluding hydrogens is 308 g/mol. The smallest absolute Gasteiger partial charge is 0.204 e. The number of hydrogen-bond acceptors (Lipinski definition) is 2. The molecule has 0 unspecified atom stereocenters. The summed E-state index contributed by atoms with van der Waals surface area (Å²) in [5, 5.41) is 0. The first-order chi connectivity index (χ1) is 7.58. The maximum atomic E-state index is 12.2. The molecule has 1 aromatic carbocycles. The van der Waals surface area contributed by atoms with Gasteiger partial charge >= 0.3 is 0 Å². The summed E-state index contributed by atoms with van der Waals surface area (Å²) in [4.78, 5) is 12.8. The molecule has 82 valence electrons. The van der Waals surface area contributed by atoms with Crippen molar-refractivity contribution in [1.82, 2.24) is 0 Å². The predicted octanol–water partition coefficient (Wildman–Crippen LogP) is 4.70. The Balaban J connectivity index is 2.45. The summed E-state index contributed by atoms with van der Waals surface area (Å²) in [5.74, 6) is 0.00692. The highest BCUT2D eigenvalue weighted by Crippen LogP contribution is 2.27. The molecule has 0 saturated carbocycles. The average molecular weight is 316 g/mol. The van der Waals surface area contributed by atoms with Crippen LogP contribution < -0.4 is 0 Å². The van der Waals surface area contributed by atoms with Gasteiger partial charge in [-0.05, 0) is 31.2 Å². The normalized spacial score (nSPS) is 10.4. The lowest BCUT2D eigenvalue weighted by molar-refractivity contribution is 0.104. The SMILES string of the molecule is Cc1ccc(Br)c(C(=O)c2ccc(Cl)s2)c1. The van der Waals surface area contributed by atoms with Crippen LogP contribution in [0.15, 0.2) is 34.8 Å². The van der Waals surface area contributed by atoms with Gasteiger partial charge in [0.1, 0.15) is 0 Å². The van der Waals surface area contributed by atoms with Gasteiger partial charge in [0.15, 0.2) is 0 Å². The van der Waals surface area contributed by atoms with Crippen LogP contribution >= 0.6 is 38.9 Å². The first-order valence-electron chi connectivity index (χ1n) is 4.64. The third kappa shape index (κ3) is 2.37. The second-order valence-corrected chi connectivity index (χ2v) is 5.99. The number of rotatable bonds is 2. The van der Waals surface area contributed by atoms with Gasteiger partial charge in [0.25, 0.3) is 0 Å². The van der Waals surface area contributed by atoms with Gasteiger partial charge in [0.05, 0.1) is 9.21 Å². The molecule has 2 aromatic rings. The highest BCUT2D eigenvalue weighted by atomic mass is 79.9. The highest BCUT2D eigenvalue weighted by molar-refractivity contribution is 9.10. The van der Waals surface area contributed by atoms with E-state index in [1.165, 1.54) is 11.3 Å². The van der Waals surface area contributed by atoms with E-state index in [0.29, 0.717) is 14.8 Å². The van der Waals surface area contributed by atoms with Gasteiger partial charge in [-0.15, -0.1) is 11.3 Å². The Morgan fingerprint density at radius 3 is 2.69 bits per heavy atom. The first-order valence-corrected chi connectivity index (χ1v) is 6.63. The van der Waals surface area contributed by atoms with Crippen LogP contribution in [0.5, 0.6) is 0 Å². The van der Waals surface area contributed by atoms with Crippen LogP contribution in [0.25, 0.3) is 0 Å². The van der Waals surface area contributed by atoms with Crippen molar-refractivity contribution in [2.75, 3.05) is 0 Å². The molecule has 0 bridgehead atoms. The molecular formula is C12H8BrClOS. The summed E-state index contributed by atoms with van der Waals surface area (Å²) >= 11 is 10.5.